The van der Waals surface area contributed by atoms with Gasteiger partial charge < -0.3 is 10.2 Å². The van der Waals surface area contributed by atoms with Crippen LogP contribution in [0.25, 0.3) is 0 Å². The molecule has 2 rings (SSSR count). The summed E-state index contributed by atoms with van der Waals surface area (Å²) in [6, 6.07) is 4.33. The molecule has 13 heavy (non-hydrogen) atoms. The molecule has 0 amide bonds. The summed E-state index contributed by atoms with van der Waals surface area (Å²) < 4.78 is 6.28. The van der Waals surface area contributed by atoms with Crippen LogP contribution in [0.2, 0.25) is 0 Å². The van der Waals surface area contributed by atoms with Gasteiger partial charge in [0.25, 0.3) is 0 Å². The summed E-state index contributed by atoms with van der Waals surface area (Å²) in [5, 5.41) is 0. The van der Waals surface area contributed by atoms with Gasteiger partial charge in [0.15, 0.2) is 4.67 Å². The molecular weight excluding hydrogens is 232 g/mol. The Labute approximate surface area is 86.0 Å². The van der Waals surface area contributed by atoms with Crippen molar-refractivity contribution in [3.8, 4) is 0 Å². The summed E-state index contributed by atoms with van der Waals surface area (Å²) in [6.07, 6.45) is 1.04. The van der Waals surface area contributed by atoms with Gasteiger partial charge in [-0.15, -0.1) is 0 Å². The van der Waals surface area contributed by atoms with Gasteiger partial charge in [0.2, 0.25) is 0 Å². The fourth-order valence-corrected chi connectivity index (χ4v) is 2.21. The van der Waals surface area contributed by atoms with E-state index in [2.05, 4.69) is 27.9 Å². The Hall–Kier alpha value is -0.320. The molecule has 2 heterocycles. The molecule has 0 aliphatic carbocycles. The van der Waals surface area contributed by atoms with Crippen molar-refractivity contribution >= 4 is 15.9 Å². The normalized spacial score (nSPS) is 29.8. The summed E-state index contributed by atoms with van der Waals surface area (Å²) in [7, 11) is 2.08. The van der Waals surface area contributed by atoms with E-state index in [-0.39, 0.29) is 12.1 Å². The van der Waals surface area contributed by atoms with Crippen LogP contribution in [0.1, 0.15) is 18.2 Å². The Morgan fingerprint density at radius 3 is 2.85 bits per heavy atom. The van der Waals surface area contributed by atoms with Gasteiger partial charge >= 0.3 is 0 Å². The van der Waals surface area contributed by atoms with E-state index in [0.29, 0.717) is 0 Å². The van der Waals surface area contributed by atoms with Crippen LogP contribution in [0, 0.1) is 0 Å². The van der Waals surface area contributed by atoms with E-state index in [0.717, 1.165) is 23.4 Å². The SMILES string of the molecule is CN1CCC(N)C1c1ccc(Br)o1. The highest BCUT2D eigenvalue weighted by Crippen LogP contribution is 2.31. The quantitative estimate of drug-likeness (QED) is 0.819. The van der Waals surface area contributed by atoms with Crippen LogP contribution in [0.3, 0.4) is 0 Å². The second kappa shape index (κ2) is 3.44. The van der Waals surface area contributed by atoms with Crippen molar-refractivity contribution in [3.63, 3.8) is 0 Å². The van der Waals surface area contributed by atoms with Gasteiger partial charge in [-0.1, -0.05) is 0 Å². The highest BCUT2D eigenvalue weighted by Gasteiger charge is 2.32. The first-order chi connectivity index (χ1) is 6.18. The van der Waals surface area contributed by atoms with Crippen molar-refractivity contribution in [2.75, 3.05) is 13.6 Å². The largest absolute Gasteiger partial charge is 0.453 e. The van der Waals surface area contributed by atoms with Crippen LogP contribution in [0.4, 0.5) is 0 Å². The minimum atomic E-state index is 0.197. The van der Waals surface area contributed by atoms with Crippen LogP contribution in [-0.2, 0) is 0 Å². The number of halogens is 1. The number of likely N-dealkylation sites (N-methyl/N-ethyl adjacent to an activating group) is 1. The van der Waals surface area contributed by atoms with Gasteiger partial charge in [0.1, 0.15) is 5.76 Å². The number of nitrogens with two attached hydrogens (primary N) is 1. The molecule has 0 spiro atoms. The second-order valence-corrected chi connectivity index (χ2v) is 4.30. The Kier molecular flexibility index (Phi) is 2.45. The molecule has 0 aromatic carbocycles. The fraction of sp³-hybridized carbons (Fsp3) is 0.556. The van der Waals surface area contributed by atoms with Crippen LogP contribution in [0.15, 0.2) is 21.2 Å². The number of nitrogens with zero attached hydrogens (tertiary/aromatic N) is 1. The molecule has 4 heteroatoms. The van der Waals surface area contributed by atoms with Crippen molar-refractivity contribution in [1.29, 1.82) is 0 Å². The first kappa shape index (κ1) is 9.24. The third-order valence-corrected chi connectivity index (χ3v) is 3.01. The minimum Gasteiger partial charge on any atom is -0.453 e. The lowest BCUT2D eigenvalue weighted by Gasteiger charge is -2.19. The molecule has 1 aromatic heterocycles. The molecule has 72 valence electrons. The van der Waals surface area contributed by atoms with E-state index >= 15 is 0 Å². The van der Waals surface area contributed by atoms with E-state index in [1.54, 1.807) is 0 Å². The molecule has 2 atom stereocenters. The molecule has 1 aliphatic heterocycles. The zero-order valence-corrected chi connectivity index (χ0v) is 9.12. The van der Waals surface area contributed by atoms with Crippen LogP contribution < -0.4 is 5.73 Å². The number of rotatable bonds is 1. The van der Waals surface area contributed by atoms with Crippen molar-refractivity contribution < 1.29 is 4.42 Å². The molecule has 1 aromatic rings. The van der Waals surface area contributed by atoms with E-state index in [1.807, 2.05) is 12.1 Å². The molecule has 1 fully saturated rings. The Balaban J connectivity index is 2.24. The van der Waals surface area contributed by atoms with E-state index in [1.165, 1.54) is 0 Å². The fourth-order valence-electron chi connectivity index (χ4n) is 1.89. The maximum absolute atomic E-state index is 5.99. The highest BCUT2D eigenvalue weighted by molar-refractivity contribution is 9.10. The van der Waals surface area contributed by atoms with Crippen molar-refractivity contribution in [1.82, 2.24) is 4.90 Å². The van der Waals surface area contributed by atoms with Crippen LogP contribution in [-0.4, -0.2) is 24.5 Å². The summed E-state index contributed by atoms with van der Waals surface area (Å²) in [5.41, 5.74) is 5.99. The highest BCUT2D eigenvalue weighted by atomic mass is 79.9. The third kappa shape index (κ3) is 1.66. The summed E-state index contributed by atoms with van der Waals surface area (Å²) in [6.45, 7) is 1.05. The van der Waals surface area contributed by atoms with Crippen molar-refractivity contribution in [2.24, 2.45) is 5.73 Å². The molecule has 1 saturated heterocycles. The zero-order chi connectivity index (χ0) is 9.42. The topological polar surface area (TPSA) is 42.4 Å². The molecule has 2 N–H and O–H groups in total. The van der Waals surface area contributed by atoms with Crippen molar-refractivity contribution in [3.05, 3.63) is 22.6 Å². The molecule has 0 saturated carbocycles. The monoisotopic (exact) mass is 244 g/mol. The Morgan fingerprint density at radius 2 is 2.38 bits per heavy atom. The lowest BCUT2D eigenvalue weighted by Crippen LogP contribution is -2.29. The average Bonchev–Trinajstić information content (AvgIpc) is 2.60. The lowest BCUT2D eigenvalue weighted by atomic mass is 10.1. The summed E-state index contributed by atoms with van der Waals surface area (Å²) in [5.74, 6) is 0.958. The second-order valence-electron chi connectivity index (χ2n) is 3.52. The summed E-state index contributed by atoms with van der Waals surface area (Å²) >= 11 is 3.29. The maximum atomic E-state index is 5.99. The standard InChI is InChI=1S/C9H13BrN2O/c1-12-5-4-6(11)9(12)7-2-3-8(10)13-7/h2-3,6,9H,4-5,11H2,1H3. The zero-order valence-electron chi connectivity index (χ0n) is 7.53. The number of furan rings is 1. The average molecular weight is 245 g/mol. The minimum absolute atomic E-state index is 0.197. The van der Waals surface area contributed by atoms with Gasteiger partial charge in [-0.05, 0) is 41.5 Å². The Bertz CT molecular complexity index is 290. The number of hydrogen-bond donors (Lipinski definition) is 1. The first-order valence-electron chi connectivity index (χ1n) is 4.39. The molecule has 2 unspecified atom stereocenters. The number of likely N-dealkylation sites (tertiary alicyclic amines) is 1. The smallest absolute Gasteiger partial charge is 0.169 e. The van der Waals surface area contributed by atoms with Gasteiger partial charge in [0.05, 0.1) is 6.04 Å². The third-order valence-electron chi connectivity index (χ3n) is 2.58. The molecule has 0 bridgehead atoms. The number of hydrogen-bond acceptors (Lipinski definition) is 3. The molecule has 3 nitrogen and oxygen atoms in total. The van der Waals surface area contributed by atoms with Gasteiger partial charge in [-0.3, -0.25) is 4.90 Å². The first-order valence-corrected chi connectivity index (χ1v) is 5.19. The van der Waals surface area contributed by atoms with Crippen molar-refractivity contribution in [2.45, 2.75) is 18.5 Å². The summed E-state index contributed by atoms with van der Waals surface area (Å²) in [4.78, 5) is 2.23. The molecule has 1 aliphatic rings. The Morgan fingerprint density at radius 1 is 1.62 bits per heavy atom. The van der Waals surface area contributed by atoms with Gasteiger partial charge in [0, 0.05) is 12.6 Å². The van der Waals surface area contributed by atoms with Crippen LogP contribution in [0.5, 0.6) is 0 Å². The predicted molar refractivity (Wildman–Crippen MR) is 54.4 cm³/mol. The lowest BCUT2D eigenvalue weighted by molar-refractivity contribution is 0.260. The van der Waals surface area contributed by atoms with E-state index in [9.17, 15) is 0 Å². The van der Waals surface area contributed by atoms with Gasteiger partial charge in [-0.25, -0.2) is 0 Å². The van der Waals surface area contributed by atoms with Gasteiger partial charge in [-0.2, -0.15) is 0 Å². The van der Waals surface area contributed by atoms with Crippen LogP contribution >= 0.6 is 15.9 Å². The van der Waals surface area contributed by atoms with E-state index < -0.39 is 0 Å². The molecular formula is C9H13BrN2O. The maximum Gasteiger partial charge on any atom is 0.169 e. The molecule has 0 radical (unpaired) electrons. The van der Waals surface area contributed by atoms with E-state index in [4.69, 9.17) is 10.2 Å². The predicted octanol–water partition coefficient (Wildman–Crippen LogP) is 1.75.